The zero-order valence-corrected chi connectivity index (χ0v) is 15.2. The van der Waals surface area contributed by atoms with Crippen LogP contribution in [0.5, 0.6) is 11.5 Å². The standard InChI is InChI=1S/C21H20ClNO3/c1-15(26-18-9-5-8-17(22)14-18)21(24)23-12-13-25-20-11-4-7-16-6-2-3-10-19(16)20/h2-11,14-15H,12-13H2,1H3,(H,23,24)/t15-/m1/s1. The fourth-order valence-electron chi connectivity index (χ4n) is 2.60. The monoisotopic (exact) mass is 369 g/mol. The number of hydrogen-bond donors (Lipinski definition) is 1. The van der Waals surface area contributed by atoms with E-state index < -0.39 is 6.10 Å². The first-order valence-corrected chi connectivity index (χ1v) is 8.82. The Bertz CT molecular complexity index is 892. The molecule has 0 aromatic heterocycles. The summed E-state index contributed by atoms with van der Waals surface area (Å²) in [7, 11) is 0. The molecule has 0 unspecified atom stereocenters. The highest BCUT2D eigenvalue weighted by molar-refractivity contribution is 6.30. The summed E-state index contributed by atoms with van der Waals surface area (Å²) in [5.74, 6) is 1.17. The van der Waals surface area contributed by atoms with Gasteiger partial charge < -0.3 is 14.8 Å². The first-order valence-electron chi connectivity index (χ1n) is 8.44. The molecule has 0 aliphatic rings. The summed E-state index contributed by atoms with van der Waals surface area (Å²) in [6.07, 6.45) is -0.619. The van der Waals surface area contributed by atoms with E-state index in [2.05, 4.69) is 5.32 Å². The Balaban J connectivity index is 1.47. The molecule has 0 spiro atoms. The summed E-state index contributed by atoms with van der Waals surface area (Å²) in [4.78, 5) is 12.1. The molecule has 3 aromatic carbocycles. The maximum absolute atomic E-state index is 12.1. The van der Waals surface area contributed by atoms with Crippen LogP contribution in [0.4, 0.5) is 0 Å². The van der Waals surface area contributed by atoms with Gasteiger partial charge in [-0.25, -0.2) is 0 Å². The maximum atomic E-state index is 12.1. The molecule has 134 valence electrons. The van der Waals surface area contributed by atoms with Crippen LogP contribution < -0.4 is 14.8 Å². The van der Waals surface area contributed by atoms with Crippen LogP contribution in [0, 0.1) is 0 Å². The van der Waals surface area contributed by atoms with Crippen molar-refractivity contribution in [2.75, 3.05) is 13.2 Å². The predicted molar refractivity (Wildman–Crippen MR) is 104 cm³/mol. The highest BCUT2D eigenvalue weighted by atomic mass is 35.5. The lowest BCUT2D eigenvalue weighted by Gasteiger charge is -2.15. The number of amides is 1. The van der Waals surface area contributed by atoms with Crippen molar-refractivity contribution in [2.24, 2.45) is 0 Å². The summed E-state index contributed by atoms with van der Waals surface area (Å²) < 4.78 is 11.4. The van der Waals surface area contributed by atoms with Gasteiger partial charge in [-0.2, -0.15) is 0 Å². The third kappa shape index (κ3) is 4.67. The van der Waals surface area contributed by atoms with Crippen molar-refractivity contribution in [1.82, 2.24) is 5.32 Å². The van der Waals surface area contributed by atoms with E-state index in [1.165, 1.54) is 0 Å². The molecular formula is C21H20ClNO3. The van der Waals surface area contributed by atoms with Gasteiger partial charge in [0, 0.05) is 10.4 Å². The zero-order valence-electron chi connectivity index (χ0n) is 14.4. The minimum Gasteiger partial charge on any atom is -0.491 e. The smallest absolute Gasteiger partial charge is 0.260 e. The molecule has 1 amide bonds. The van der Waals surface area contributed by atoms with Gasteiger partial charge in [-0.15, -0.1) is 0 Å². The quantitative estimate of drug-likeness (QED) is 0.626. The van der Waals surface area contributed by atoms with Crippen molar-refractivity contribution in [1.29, 1.82) is 0 Å². The molecule has 0 aliphatic heterocycles. The van der Waals surface area contributed by atoms with Crippen LogP contribution in [-0.2, 0) is 4.79 Å². The molecule has 26 heavy (non-hydrogen) atoms. The zero-order chi connectivity index (χ0) is 18.4. The predicted octanol–water partition coefficient (Wildman–Crippen LogP) is 4.46. The second kappa shape index (κ2) is 8.59. The SMILES string of the molecule is C[C@@H](Oc1cccc(Cl)c1)C(=O)NCCOc1cccc2ccccc12. The minimum absolute atomic E-state index is 0.202. The van der Waals surface area contributed by atoms with Crippen LogP contribution in [-0.4, -0.2) is 25.2 Å². The normalized spacial score (nSPS) is 11.8. The lowest BCUT2D eigenvalue weighted by molar-refractivity contribution is -0.127. The average Bonchev–Trinajstić information content (AvgIpc) is 2.65. The summed E-state index contributed by atoms with van der Waals surface area (Å²) in [5, 5.41) is 5.56. The number of halogens is 1. The summed E-state index contributed by atoms with van der Waals surface area (Å²) in [6, 6.07) is 20.9. The number of ether oxygens (including phenoxy) is 2. The van der Waals surface area contributed by atoms with Crippen LogP contribution in [0.15, 0.2) is 66.7 Å². The first kappa shape index (κ1) is 18.1. The second-order valence-electron chi connectivity index (χ2n) is 5.83. The number of hydrogen-bond acceptors (Lipinski definition) is 3. The molecular weight excluding hydrogens is 350 g/mol. The third-order valence-corrected chi connectivity index (χ3v) is 4.12. The van der Waals surface area contributed by atoms with Gasteiger partial charge in [-0.05, 0) is 36.6 Å². The summed E-state index contributed by atoms with van der Waals surface area (Å²) in [6.45, 7) is 2.47. The molecule has 0 fully saturated rings. The Morgan fingerprint density at radius 1 is 1.08 bits per heavy atom. The number of carbonyl (C=O) groups is 1. The molecule has 3 rings (SSSR count). The summed E-state index contributed by atoms with van der Waals surface area (Å²) in [5.41, 5.74) is 0. The highest BCUT2D eigenvalue weighted by Crippen LogP contribution is 2.24. The fraction of sp³-hybridized carbons (Fsp3) is 0.190. The van der Waals surface area contributed by atoms with Crippen molar-refractivity contribution in [2.45, 2.75) is 13.0 Å². The maximum Gasteiger partial charge on any atom is 0.260 e. The molecule has 4 nitrogen and oxygen atoms in total. The number of benzene rings is 3. The van der Waals surface area contributed by atoms with Crippen molar-refractivity contribution >= 4 is 28.3 Å². The summed E-state index contributed by atoms with van der Waals surface area (Å²) >= 11 is 5.91. The van der Waals surface area contributed by atoms with Crippen molar-refractivity contribution in [3.05, 3.63) is 71.8 Å². The third-order valence-electron chi connectivity index (χ3n) is 3.89. The minimum atomic E-state index is -0.619. The second-order valence-corrected chi connectivity index (χ2v) is 6.27. The van der Waals surface area contributed by atoms with E-state index >= 15 is 0 Å². The van der Waals surface area contributed by atoms with Gasteiger partial charge in [0.15, 0.2) is 6.10 Å². The van der Waals surface area contributed by atoms with E-state index in [-0.39, 0.29) is 5.91 Å². The van der Waals surface area contributed by atoms with Gasteiger partial charge in [0.1, 0.15) is 18.1 Å². The molecule has 5 heteroatoms. The molecule has 0 saturated carbocycles. The van der Waals surface area contributed by atoms with E-state index in [4.69, 9.17) is 21.1 Å². The largest absolute Gasteiger partial charge is 0.491 e. The molecule has 0 radical (unpaired) electrons. The van der Waals surface area contributed by atoms with Crippen LogP contribution in [0.1, 0.15) is 6.92 Å². The average molecular weight is 370 g/mol. The van der Waals surface area contributed by atoms with Gasteiger partial charge >= 0.3 is 0 Å². The van der Waals surface area contributed by atoms with Crippen LogP contribution in [0.2, 0.25) is 5.02 Å². The lowest BCUT2D eigenvalue weighted by atomic mass is 10.1. The lowest BCUT2D eigenvalue weighted by Crippen LogP contribution is -2.38. The molecule has 0 heterocycles. The van der Waals surface area contributed by atoms with E-state index in [0.29, 0.717) is 23.9 Å². The molecule has 1 atom stereocenters. The van der Waals surface area contributed by atoms with Crippen LogP contribution in [0.3, 0.4) is 0 Å². The van der Waals surface area contributed by atoms with Crippen molar-refractivity contribution in [3.63, 3.8) is 0 Å². The first-order chi connectivity index (χ1) is 12.6. The molecule has 0 bridgehead atoms. The van der Waals surface area contributed by atoms with Crippen molar-refractivity contribution in [3.8, 4) is 11.5 Å². The van der Waals surface area contributed by atoms with E-state index in [1.807, 2.05) is 42.5 Å². The molecule has 3 aromatic rings. The molecule has 0 saturated heterocycles. The van der Waals surface area contributed by atoms with Gasteiger partial charge in [-0.1, -0.05) is 54.1 Å². The Morgan fingerprint density at radius 3 is 2.69 bits per heavy atom. The Labute approximate surface area is 157 Å². The fourth-order valence-corrected chi connectivity index (χ4v) is 2.78. The van der Waals surface area contributed by atoms with Gasteiger partial charge in [-0.3, -0.25) is 4.79 Å². The molecule has 1 N–H and O–H groups in total. The van der Waals surface area contributed by atoms with E-state index in [1.54, 1.807) is 31.2 Å². The number of rotatable bonds is 7. The Hall–Kier alpha value is -2.72. The van der Waals surface area contributed by atoms with Crippen LogP contribution in [0.25, 0.3) is 10.8 Å². The Kier molecular flexibility index (Phi) is 5.97. The number of carbonyl (C=O) groups excluding carboxylic acids is 1. The van der Waals surface area contributed by atoms with Crippen molar-refractivity contribution < 1.29 is 14.3 Å². The topological polar surface area (TPSA) is 47.6 Å². The Morgan fingerprint density at radius 2 is 1.85 bits per heavy atom. The van der Waals surface area contributed by atoms with E-state index in [9.17, 15) is 4.79 Å². The molecule has 0 aliphatic carbocycles. The van der Waals surface area contributed by atoms with Gasteiger partial charge in [0.05, 0.1) is 6.54 Å². The highest BCUT2D eigenvalue weighted by Gasteiger charge is 2.14. The van der Waals surface area contributed by atoms with E-state index in [0.717, 1.165) is 16.5 Å². The van der Waals surface area contributed by atoms with Gasteiger partial charge in [0.25, 0.3) is 5.91 Å². The van der Waals surface area contributed by atoms with Gasteiger partial charge in [0.2, 0.25) is 0 Å². The number of nitrogens with one attached hydrogen (secondary N) is 1. The number of fused-ring (bicyclic) bond motifs is 1. The van der Waals surface area contributed by atoms with Crippen LogP contribution >= 0.6 is 11.6 Å².